The fourth-order valence-corrected chi connectivity index (χ4v) is 2.82. The first-order valence-electron chi connectivity index (χ1n) is 7.94. The molecule has 0 aliphatic carbocycles. The Morgan fingerprint density at radius 1 is 1.38 bits per heavy atom. The Morgan fingerprint density at radius 2 is 2.17 bits per heavy atom. The van der Waals surface area contributed by atoms with Gasteiger partial charge >= 0.3 is 0 Å². The Hall–Kier alpha value is -2.41. The van der Waals surface area contributed by atoms with Crippen molar-refractivity contribution in [1.29, 1.82) is 0 Å². The lowest BCUT2D eigenvalue weighted by Crippen LogP contribution is -2.51. The van der Waals surface area contributed by atoms with E-state index < -0.39 is 0 Å². The van der Waals surface area contributed by atoms with E-state index in [-0.39, 0.29) is 18.1 Å². The molecular weight excluding hydrogens is 308 g/mol. The molecule has 2 aromatic rings. The summed E-state index contributed by atoms with van der Waals surface area (Å²) in [5.74, 6) is 0.744. The van der Waals surface area contributed by atoms with Crippen molar-refractivity contribution < 1.29 is 14.3 Å². The number of para-hydroxylation sites is 1. The molecule has 1 aliphatic heterocycles. The molecule has 1 aliphatic rings. The van der Waals surface area contributed by atoms with Crippen molar-refractivity contribution in [2.75, 3.05) is 26.8 Å². The molecule has 1 aromatic carbocycles. The molecule has 0 radical (unpaired) electrons. The van der Waals surface area contributed by atoms with Crippen LogP contribution in [0, 0.1) is 0 Å². The highest BCUT2D eigenvalue weighted by molar-refractivity contribution is 5.76. The van der Waals surface area contributed by atoms with Gasteiger partial charge in [-0.3, -0.25) is 4.79 Å². The van der Waals surface area contributed by atoms with E-state index in [1.165, 1.54) is 0 Å². The summed E-state index contributed by atoms with van der Waals surface area (Å²) in [6.45, 7) is 5.89. The number of rotatable bonds is 4. The number of methoxy groups -OCH3 is 1. The third-order valence-corrected chi connectivity index (χ3v) is 4.00. The molecule has 0 bridgehead atoms. The van der Waals surface area contributed by atoms with E-state index in [0.29, 0.717) is 25.4 Å². The lowest BCUT2D eigenvalue weighted by molar-refractivity contribution is -0.146. The van der Waals surface area contributed by atoms with Gasteiger partial charge in [0.2, 0.25) is 5.91 Å². The lowest BCUT2D eigenvalue weighted by atomic mass is 10.1. The van der Waals surface area contributed by atoms with Gasteiger partial charge in [0, 0.05) is 18.7 Å². The molecule has 2 heterocycles. The van der Waals surface area contributed by atoms with E-state index in [1.807, 2.05) is 43.0 Å². The summed E-state index contributed by atoms with van der Waals surface area (Å²) < 4.78 is 12.5. The van der Waals surface area contributed by atoms with Gasteiger partial charge in [0.05, 0.1) is 25.5 Å². The van der Waals surface area contributed by atoms with E-state index in [0.717, 1.165) is 11.3 Å². The molecule has 1 amide bonds. The molecule has 0 unspecified atom stereocenters. The van der Waals surface area contributed by atoms with Crippen LogP contribution in [0.1, 0.15) is 13.8 Å². The third kappa shape index (κ3) is 3.56. The van der Waals surface area contributed by atoms with Crippen LogP contribution in [-0.4, -0.2) is 58.2 Å². The molecule has 1 fully saturated rings. The van der Waals surface area contributed by atoms with Crippen molar-refractivity contribution in [3.63, 3.8) is 0 Å². The Morgan fingerprint density at radius 3 is 2.92 bits per heavy atom. The molecule has 128 valence electrons. The van der Waals surface area contributed by atoms with Gasteiger partial charge in [-0.15, -0.1) is 5.10 Å². The van der Waals surface area contributed by atoms with Crippen molar-refractivity contribution in [3.05, 3.63) is 30.5 Å². The third-order valence-electron chi connectivity index (χ3n) is 4.00. The van der Waals surface area contributed by atoms with Gasteiger partial charge in [0.25, 0.3) is 0 Å². The monoisotopic (exact) mass is 330 g/mol. The molecule has 0 spiro atoms. The molecular formula is C17H22N4O3. The van der Waals surface area contributed by atoms with Gasteiger partial charge in [-0.1, -0.05) is 17.3 Å². The Kier molecular flexibility index (Phi) is 4.53. The number of morpholine rings is 1. The first kappa shape index (κ1) is 16.4. The standard InChI is InChI=1S/C17H22N4O3/c1-17(2)12-20(8-9-24-17)16(22)11-21-10-14(18-19-21)13-6-4-5-7-15(13)23-3/h4-7,10H,8-9,11-12H2,1-3H3. The molecule has 1 aromatic heterocycles. The predicted octanol–water partition coefficient (Wildman–Crippen LogP) is 1.59. The smallest absolute Gasteiger partial charge is 0.244 e. The number of nitrogens with zero attached hydrogens (tertiary/aromatic N) is 4. The highest BCUT2D eigenvalue weighted by Gasteiger charge is 2.30. The van der Waals surface area contributed by atoms with Crippen LogP contribution in [0.3, 0.4) is 0 Å². The first-order valence-corrected chi connectivity index (χ1v) is 7.94. The zero-order valence-corrected chi connectivity index (χ0v) is 14.2. The summed E-state index contributed by atoms with van der Waals surface area (Å²) in [6, 6.07) is 7.60. The average molecular weight is 330 g/mol. The summed E-state index contributed by atoms with van der Waals surface area (Å²) in [5, 5.41) is 8.23. The second-order valence-corrected chi connectivity index (χ2v) is 6.43. The molecule has 0 atom stereocenters. The summed E-state index contributed by atoms with van der Waals surface area (Å²) in [4.78, 5) is 14.3. The zero-order chi connectivity index (χ0) is 17.2. The average Bonchev–Trinajstić information content (AvgIpc) is 3.02. The number of carbonyl (C=O) groups is 1. The number of benzene rings is 1. The SMILES string of the molecule is COc1ccccc1-c1cn(CC(=O)N2CCOC(C)(C)C2)nn1. The van der Waals surface area contributed by atoms with Crippen molar-refractivity contribution in [2.24, 2.45) is 0 Å². The van der Waals surface area contributed by atoms with Crippen LogP contribution in [-0.2, 0) is 16.1 Å². The van der Waals surface area contributed by atoms with E-state index in [2.05, 4.69) is 10.3 Å². The summed E-state index contributed by atoms with van der Waals surface area (Å²) in [7, 11) is 1.62. The van der Waals surface area contributed by atoms with Gasteiger partial charge in [0.1, 0.15) is 18.0 Å². The van der Waals surface area contributed by atoms with E-state index >= 15 is 0 Å². The number of ether oxygens (including phenoxy) is 2. The largest absolute Gasteiger partial charge is 0.496 e. The van der Waals surface area contributed by atoms with E-state index in [9.17, 15) is 4.79 Å². The minimum atomic E-state index is -0.307. The van der Waals surface area contributed by atoms with E-state index in [4.69, 9.17) is 9.47 Å². The van der Waals surface area contributed by atoms with Gasteiger partial charge < -0.3 is 14.4 Å². The number of carbonyl (C=O) groups excluding carboxylic acids is 1. The number of amides is 1. The van der Waals surface area contributed by atoms with Crippen molar-refractivity contribution in [1.82, 2.24) is 19.9 Å². The van der Waals surface area contributed by atoms with Crippen LogP contribution < -0.4 is 4.74 Å². The second kappa shape index (κ2) is 6.60. The van der Waals surface area contributed by atoms with Gasteiger partial charge in [-0.25, -0.2) is 4.68 Å². The zero-order valence-electron chi connectivity index (χ0n) is 14.2. The molecule has 7 nitrogen and oxygen atoms in total. The van der Waals surface area contributed by atoms with Crippen LogP contribution in [0.15, 0.2) is 30.5 Å². The Labute approximate surface area is 141 Å². The van der Waals surface area contributed by atoms with Crippen molar-refractivity contribution >= 4 is 5.91 Å². The fourth-order valence-electron chi connectivity index (χ4n) is 2.82. The second-order valence-electron chi connectivity index (χ2n) is 6.43. The first-order chi connectivity index (χ1) is 11.5. The maximum absolute atomic E-state index is 12.5. The molecule has 0 saturated carbocycles. The summed E-state index contributed by atoms with van der Waals surface area (Å²) in [6.07, 6.45) is 1.77. The molecule has 0 N–H and O–H groups in total. The van der Waals surface area contributed by atoms with Crippen molar-refractivity contribution in [2.45, 2.75) is 26.0 Å². The molecule has 1 saturated heterocycles. The maximum atomic E-state index is 12.5. The van der Waals surface area contributed by atoms with Crippen LogP contribution >= 0.6 is 0 Å². The highest BCUT2D eigenvalue weighted by Crippen LogP contribution is 2.27. The molecule has 7 heteroatoms. The van der Waals surface area contributed by atoms with Gasteiger partial charge in [-0.2, -0.15) is 0 Å². The Balaban J connectivity index is 1.71. The summed E-state index contributed by atoms with van der Waals surface area (Å²) >= 11 is 0. The minimum Gasteiger partial charge on any atom is -0.496 e. The normalized spacial score (nSPS) is 16.9. The quantitative estimate of drug-likeness (QED) is 0.851. The molecule has 24 heavy (non-hydrogen) atoms. The lowest BCUT2D eigenvalue weighted by Gasteiger charge is -2.38. The van der Waals surface area contributed by atoms with Crippen molar-refractivity contribution in [3.8, 4) is 17.0 Å². The topological polar surface area (TPSA) is 69.5 Å². The fraction of sp³-hybridized carbons (Fsp3) is 0.471. The minimum absolute atomic E-state index is 0.0165. The van der Waals surface area contributed by atoms with Gasteiger partial charge in [-0.05, 0) is 26.0 Å². The van der Waals surface area contributed by atoms with Crippen LogP contribution in [0.5, 0.6) is 5.75 Å². The summed E-state index contributed by atoms with van der Waals surface area (Å²) in [5.41, 5.74) is 1.23. The molecule has 3 rings (SSSR count). The maximum Gasteiger partial charge on any atom is 0.244 e. The van der Waals surface area contributed by atoms with Crippen LogP contribution in [0.4, 0.5) is 0 Å². The number of hydrogen-bond acceptors (Lipinski definition) is 5. The van der Waals surface area contributed by atoms with Gasteiger partial charge in [0.15, 0.2) is 0 Å². The number of aromatic nitrogens is 3. The van der Waals surface area contributed by atoms with Crippen LogP contribution in [0.25, 0.3) is 11.3 Å². The van der Waals surface area contributed by atoms with E-state index in [1.54, 1.807) is 18.0 Å². The van der Waals surface area contributed by atoms with Crippen LogP contribution in [0.2, 0.25) is 0 Å². The predicted molar refractivity (Wildman–Crippen MR) is 88.6 cm³/mol. The number of hydrogen-bond donors (Lipinski definition) is 0. The highest BCUT2D eigenvalue weighted by atomic mass is 16.5. The Bertz CT molecular complexity index is 726.